The van der Waals surface area contributed by atoms with Crippen molar-refractivity contribution in [3.8, 4) is 5.75 Å². The summed E-state index contributed by atoms with van der Waals surface area (Å²) in [5, 5.41) is 2.89. The quantitative estimate of drug-likeness (QED) is 0.330. The maximum atomic E-state index is 11.2. The van der Waals surface area contributed by atoms with Gasteiger partial charge in [0.05, 0.1) is 16.8 Å². The van der Waals surface area contributed by atoms with Gasteiger partial charge < -0.3 is 14.6 Å². The first-order valence-electron chi connectivity index (χ1n) is 6.64. The molecule has 8 nitrogen and oxygen atoms in total. The van der Waals surface area contributed by atoms with E-state index in [1.165, 1.54) is 18.2 Å². The average Bonchev–Trinajstić information content (AvgIpc) is 2.45. The summed E-state index contributed by atoms with van der Waals surface area (Å²) in [5.41, 5.74) is 0.984. The molecule has 2 aromatic carbocycles. The van der Waals surface area contributed by atoms with Gasteiger partial charge in [-0.25, -0.2) is 16.8 Å². The predicted octanol–water partition coefficient (Wildman–Crippen LogP) is -1.59. The SMILES string of the molecule is CS(=O)(=O)Nc1cccc(NCOc2cccc(S(=O)(=O)[O-])c2)c1.[Na+]. The zero-order valence-electron chi connectivity index (χ0n) is 13.6. The van der Waals surface area contributed by atoms with Crippen LogP contribution in [-0.4, -0.2) is 34.4 Å². The summed E-state index contributed by atoms with van der Waals surface area (Å²) in [6.07, 6.45) is 1.05. The van der Waals surface area contributed by atoms with Crippen LogP contribution in [0.3, 0.4) is 0 Å². The molecule has 0 radical (unpaired) electrons. The number of hydrogen-bond donors (Lipinski definition) is 2. The van der Waals surface area contributed by atoms with Crippen molar-refractivity contribution in [1.29, 1.82) is 0 Å². The molecule has 0 aliphatic carbocycles. The molecule has 130 valence electrons. The van der Waals surface area contributed by atoms with Gasteiger partial charge in [-0.3, -0.25) is 4.72 Å². The number of nitrogens with one attached hydrogen (secondary N) is 2. The van der Waals surface area contributed by atoms with Crippen LogP contribution in [0.15, 0.2) is 53.4 Å². The first kappa shape index (κ1) is 21.7. The Hall–Kier alpha value is -1.30. The van der Waals surface area contributed by atoms with Crippen molar-refractivity contribution in [2.45, 2.75) is 4.90 Å². The monoisotopic (exact) mass is 394 g/mol. The van der Waals surface area contributed by atoms with Crippen LogP contribution < -0.4 is 44.3 Å². The fourth-order valence-electron chi connectivity index (χ4n) is 1.83. The smallest absolute Gasteiger partial charge is 0.744 e. The van der Waals surface area contributed by atoms with Gasteiger partial charge in [-0.15, -0.1) is 0 Å². The van der Waals surface area contributed by atoms with Crippen molar-refractivity contribution in [2.75, 3.05) is 23.0 Å². The van der Waals surface area contributed by atoms with Gasteiger partial charge >= 0.3 is 29.6 Å². The zero-order valence-corrected chi connectivity index (χ0v) is 17.2. The first-order valence-corrected chi connectivity index (χ1v) is 9.94. The van der Waals surface area contributed by atoms with Gasteiger partial charge in [-0.05, 0) is 36.4 Å². The van der Waals surface area contributed by atoms with Gasteiger partial charge in [-0.1, -0.05) is 12.1 Å². The maximum absolute atomic E-state index is 11.2. The largest absolute Gasteiger partial charge is 1.00 e. The molecule has 0 heterocycles. The molecular formula is C14H15N2NaO6S2. The molecule has 0 aliphatic heterocycles. The molecule has 0 amide bonds. The molecule has 25 heavy (non-hydrogen) atoms. The topological polar surface area (TPSA) is 125 Å². The third-order valence-corrected chi connectivity index (χ3v) is 4.21. The summed E-state index contributed by atoms with van der Waals surface area (Å²) in [5.74, 6) is 0.213. The summed E-state index contributed by atoms with van der Waals surface area (Å²) in [6.45, 7) is -0.00924. The van der Waals surface area contributed by atoms with Crippen LogP contribution in [0.4, 0.5) is 11.4 Å². The van der Waals surface area contributed by atoms with E-state index in [0.29, 0.717) is 11.4 Å². The van der Waals surface area contributed by atoms with Crippen LogP contribution in [0.25, 0.3) is 0 Å². The van der Waals surface area contributed by atoms with E-state index in [-0.39, 0.29) is 46.9 Å². The molecule has 2 rings (SSSR count). The second kappa shape index (κ2) is 8.88. The van der Waals surface area contributed by atoms with Gasteiger partial charge in [-0.2, -0.15) is 0 Å². The molecule has 0 saturated heterocycles. The van der Waals surface area contributed by atoms with Crippen LogP contribution in [0, 0.1) is 0 Å². The van der Waals surface area contributed by atoms with E-state index in [9.17, 15) is 21.4 Å². The number of ether oxygens (including phenoxy) is 1. The van der Waals surface area contributed by atoms with E-state index in [4.69, 9.17) is 4.74 Å². The van der Waals surface area contributed by atoms with Gasteiger partial charge in [0, 0.05) is 5.69 Å². The molecule has 2 aromatic rings. The minimum atomic E-state index is -4.54. The molecule has 0 aliphatic rings. The molecule has 0 fully saturated rings. The molecule has 0 spiro atoms. The Bertz CT molecular complexity index is 932. The Kier molecular flexibility index (Phi) is 7.72. The summed E-state index contributed by atoms with van der Waals surface area (Å²) in [7, 11) is -7.91. The molecule has 11 heteroatoms. The van der Waals surface area contributed by atoms with Crippen molar-refractivity contribution >= 4 is 31.5 Å². The summed E-state index contributed by atoms with van der Waals surface area (Å²) in [6, 6.07) is 11.7. The number of hydrogen-bond acceptors (Lipinski definition) is 7. The number of anilines is 2. The minimum Gasteiger partial charge on any atom is -0.744 e. The van der Waals surface area contributed by atoms with Crippen LogP contribution in [0.5, 0.6) is 5.75 Å². The van der Waals surface area contributed by atoms with Crippen molar-refractivity contribution in [3.05, 3.63) is 48.5 Å². The van der Waals surface area contributed by atoms with Gasteiger partial charge in [0.2, 0.25) is 10.0 Å². The summed E-state index contributed by atoms with van der Waals surface area (Å²) >= 11 is 0. The standard InChI is InChI=1S/C14H16N2O6S2.Na/c1-23(17,18)16-12-5-2-4-11(8-12)15-10-22-13-6-3-7-14(9-13)24(19,20)21;/h2-9,15-16H,10H2,1H3,(H,19,20,21);/q;+1/p-1. The molecule has 0 atom stereocenters. The third kappa shape index (κ3) is 7.63. The summed E-state index contributed by atoms with van der Waals surface area (Å²) in [4.78, 5) is -0.376. The van der Waals surface area contributed by atoms with E-state index in [1.807, 2.05) is 0 Å². The Morgan fingerprint density at radius 3 is 2.28 bits per heavy atom. The number of benzene rings is 2. The Morgan fingerprint density at radius 1 is 1.00 bits per heavy atom. The van der Waals surface area contributed by atoms with Gasteiger partial charge in [0.1, 0.15) is 15.9 Å². The number of rotatable bonds is 7. The number of sulfonamides is 1. The second-order valence-electron chi connectivity index (χ2n) is 4.85. The molecule has 0 unspecified atom stereocenters. The molecular weight excluding hydrogens is 379 g/mol. The van der Waals surface area contributed by atoms with Crippen molar-refractivity contribution in [1.82, 2.24) is 0 Å². The van der Waals surface area contributed by atoms with Crippen molar-refractivity contribution in [2.24, 2.45) is 0 Å². The molecule has 0 saturated carbocycles. The van der Waals surface area contributed by atoms with E-state index < -0.39 is 20.1 Å². The Balaban J connectivity index is 0.00000312. The third-order valence-electron chi connectivity index (χ3n) is 2.78. The molecule has 0 bridgehead atoms. The second-order valence-corrected chi connectivity index (χ2v) is 7.98. The van der Waals surface area contributed by atoms with Crippen LogP contribution in [-0.2, 0) is 20.1 Å². The van der Waals surface area contributed by atoms with Gasteiger partial charge in [0.15, 0.2) is 6.73 Å². The van der Waals surface area contributed by atoms with Crippen LogP contribution in [0.1, 0.15) is 0 Å². The minimum absolute atomic E-state index is 0. The van der Waals surface area contributed by atoms with E-state index in [0.717, 1.165) is 12.3 Å². The predicted molar refractivity (Wildman–Crippen MR) is 88.4 cm³/mol. The fraction of sp³-hybridized carbons (Fsp3) is 0.143. The average molecular weight is 394 g/mol. The van der Waals surface area contributed by atoms with E-state index in [2.05, 4.69) is 10.0 Å². The van der Waals surface area contributed by atoms with Crippen LogP contribution in [0.2, 0.25) is 0 Å². The Labute approximate surface area is 168 Å². The van der Waals surface area contributed by atoms with Crippen molar-refractivity contribution in [3.63, 3.8) is 0 Å². The maximum Gasteiger partial charge on any atom is 1.00 e. The summed E-state index contributed by atoms with van der Waals surface area (Å²) < 4.78 is 62.9. The van der Waals surface area contributed by atoms with Crippen LogP contribution >= 0.6 is 0 Å². The van der Waals surface area contributed by atoms with Crippen molar-refractivity contribution < 1.29 is 55.7 Å². The van der Waals surface area contributed by atoms with E-state index >= 15 is 0 Å². The normalized spacial score (nSPS) is 11.3. The van der Waals surface area contributed by atoms with E-state index in [1.54, 1.807) is 24.3 Å². The molecule has 2 N–H and O–H groups in total. The first-order chi connectivity index (χ1) is 11.1. The Morgan fingerprint density at radius 2 is 1.64 bits per heavy atom. The zero-order chi connectivity index (χ0) is 17.8. The van der Waals surface area contributed by atoms with Gasteiger partial charge in [0.25, 0.3) is 0 Å². The fourth-order valence-corrected chi connectivity index (χ4v) is 2.89. The molecule has 0 aromatic heterocycles.